The van der Waals surface area contributed by atoms with Gasteiger partial charge in [-0.05, 0) is 31.0 Å². The van der Waals surface area contributed by atoms with Gasteiger partial charge in [0, 0.05) is 0 Å². The Balaban J connectivity index is 2.65. The van der Waals surface area contributed by atoms with E-state index in [9.17, 15) is 14.0 Å². The van der Waals surface area contributed by atoms with Gasteiger partial charge < -0.3 is 15.7 Å². The molecule has 0 aromatic heterocycles. The van der Waals surface area contributed by atoms with Crippen LogP contribution < -0.4 is 10.6 Å². The maximum Gasteiger partial charge on any atom is 0.326 e. The quantitative estimate of drug-likeness (QED) is 0.750. The number of unbranched alkanes of at least 4 members (excludes halogenated alkanes) is 1. The maximum atomic E-state index is 13.5. The first kappa shape index (κ1) is 15.9. The number of carboxylic acids is 1. The lowest BCUT2D eigenvalue weighted by Gasteiger charge is -2.15. The Morgan fingerprint density at radius 2 is 2.10 bits per heavy atom. The van der Waals surface area contributed by atoms with Crippen LogP contribution in [0.25, 0.3) is 0 Å². The van der Waals surface area contributed by atoms with Crippen molar-refractivity contribution in [2.75, 3.05) is 5.32 Å². The largest absolute Gasteiger partial charge is 0.480 e. The van der Waals surface area contributed by atoms with Crippen LogP contribution in [-0.4, -0.2) is 23.1 Å². The number of hydrogen-bond acceptors (Lipinski definition) is 2. The molecule has 1 atom stereocenters. The third-order valence-corrected chi connectivity index (χ3v) is 2.82. The molecule has 1 rings (SSSR count). The molecule has 5 nitrogen and oxygen atoms in total. The molecule has 0 heterocycles. The summed E-state index contributed by atoms with van der Waals surface area (Å²) in [6.07, 6.45) is 1.87. The second-order valence-electron chi connectivity index (χ2n) is 4.61. The lowest BCUT2D eigenvalue weighted by Crippen LogP contribution is -2.43. The molecule has 0 saturated carbocycles. The van der Waals surface area contributed by atoms with Gasteiger partial charge in [-0.1, -0.05) is 25.8 Å². The van der Waals surface area contributed by atoms with Crippen molar-refractivity contribution in [3.05, 3.63) is 29.6 Å². The second kappa shape index (κ2) is 7.47. The summed E-state index contributed by atoms with van der Waals surface area (Å²) in [5.74, 6) is -1.66. The van der Waals surface area contributed by atoms with Gasteiger partial charge in [-0.15, -0.1) is 0 Å². The molecule has 0 aliphatic rings. The van der Waals surface area contributed by atoms with E-state index in [0.717, 1.165) is 12.0 Å². The predicted octanol–water partition coefficient (Wildman–Crippen LogP) is 2.90. The van der Waals surface area contributed by atoms with Crippen molar-refractivity contribution >= 4 is 17.7 Å². The van der Waals surface area contributed by atoms with Crippen LogP contribution >= 0.6 is 0 Å². The Morgan fingerprint density at radius 3 is 2.70 bits per heavy atom. The van der Waals surface area contributed by atoms with E-state index < -0.39 is 23.9 Å². The summed E-state index contributed by atoms with van der Waals surface area (Å²) in [4.78, 5) is 22.7. The zero-order valence-electron chi connectivity index (χ0n) is 11.6. The number of nitrogens with one attached hydrogen (secondary N) is 2. The summed E-state index contributed by atoms with van der Waals surface area (Å²) in [5.41, 5.74) is 0.824. The van der Waals surface area contributed by atoms with Gasteiger partial charge >= 0.3 is 12.0 Å². The Bertz CT molecular complexity index is 491. The van der Waals surface area contributed by atoms with Crippen LogP contribution in [0.5, 0.6) is 0 Å². The molecule has 1 aromatic carbocycles. The van der Waals surface area contributed by atoms with Gasteiger partial charge in [0.1, 0.15) is 11.9 Å². The van der Waals surface area contributed by atoms with Crippen molar-refractivity contribution < 1.29 is 19.1 Å². The van der Waals surface area contributed by atoms with Crippen LogP contribution in [0.3, 0.4) is 0 Å². The summed E-state index contributed by atoms with van der Waals surface area (Å²) in [6, 6.07) is 2.62. The van der Waals surface area contributed by atoms with Gasteiger partial charge in [-0.3, -0.25) is 0 Å². The molecular weight excluding hydrogens is 263 g/mol. The summed E-state index contributed by atoms with van der Waals surface area (Å²) in [7, 11) is 0. The molecule has 0 radical (unpaired) electrons. The number of halogens is 1. The van der Waals surface area contributed by atoms with Crippen molar-refractivity contribution in [3.63, 3.8) is 0 Å². The molecule has 0 fully saturated rings. The van der Waals surface area contributed by atoms with Crippen LogP contribution in [0.4, 0.5) is 14.9 Å². The summed E-state index contributed by atoms with van der Waals surface area (Å²) < 4.78 is 13.5. The van der Waals surface area contributed by atoms with Crippen LogP contribution in [-0.2, 0) is 4.79 Å². The molecule has 110 valence electrons. The van der Waals surface area contributed by atoms with Crippen molar-refractivity contribution in [1.82, 2.24) is 5.32 Å². The fraction of sp³-hybridized carbons (Fsp3) is 0.429. The van der Waals surface area contributed by atoms with Gasteiger partial charge in [-0.2, -0.15) is 0 Å². The van der Waals surface area contributed by atoms with E-state index in [1.807, 2.05) is 6.92 Å². The molecule has 0 aliphatic carbocycles. The van der Waals surface area contributed by atoms with E-state index in [0.29, 0.717) is 12.8 Å². The average Bonchev–Trinajstić information content (AvgIpc) is 2.38. The van der Waals surface area contributed by atoms with Crippen LogP contribution in [0, 0.1) is 12.7 Å². The van der Waals surface area contributed by atoms with Gasteiger partial charge in [0.15, 0.2) is 0 Å². The molecule has 6 heteroatoms. The van der Waals surface area contributed by atoms with Crippen molar-refractivity contribution in [2.45, 2.75) is 39.2 Å². The number of aliphatic carboxylic acids is 1. The third kappa shape index (κ3) is 4.87. The normalized spacial score (nSPS) is 11.8. The van der Waals surface area contributed by atoms with E-state index in [-0.39, 0.29) is 5.69 Å². The monoisotopic (exact) mass is 282 g/mol. The van der Waals surface area contributed by atoms with Gasteiger partial charge in [-0.25, -0.2) is 14.0 Å². The molecule has 0 aliphatic heterocycles. The van der Waals surface area contributed by atoms with E-state index >= 15 is 0 Å². The van der Waals surface area contributed by atoms with Gasteiger partial charge in [0.2, 0.25) is 0 Å². The lowest BCUT2D eigenvalue weighted by atomic mass is 10.1. The van der Waals surface area contributed by atoms with Crippen molar-refractivity contribution in [1.29, 1.82) is 0 Å². The summed E-state index contributed by atoms with van der Waals surface area (Å²) in [5, 5.41) is 13.7. The first-order valence-electron chi connectivity index (χ1n) is 6.50. The third-order valence-electron chi connectivity index (χ3n) is 2.82. The number of urea groups is 1. The number of aryl methyl sites for hydroxylation is 1. The van der Waals surface area contributed by atoms with E-state index in [1.165, 1.54) is 12.1 Å². The molecule has 2 amide bonds. The highest BCUT2D eigenvalue weighted by molar-refractivity contribution is 5.92. The lowest BCUT2D eigenvalue weighted by molar-refractivity contribution is -0.139. The standard InChI is InChI=1S/C14H19FN2O3/c1-3-4-5-11(13(18)19)16-14(20)17-12-8-9(2)6-7-10(12)15/h6-8,11H,3-5H2,1-2H3,(H,18,19)(H2,16,17,20)/t11-/m0/s1. The Morgan fingerprint density at radius 1 is 1.40 bits per heavy atom. The van der Waals surface area contributed by atoms with Crippen LogP contribution in [0.15, 0.2) is 18.2 Å². The summed E-state index contributed by atoms with van der Waals surface area (Å²) in [6.45, 7) is 3.70. The van der Waals surface area contributed by atoms with Crippen LogP contribution in [0.2, 0.25) is 0 Å². The first-order valence-corrected chi connectivity index (χ1v) is 6.50. The predicted molar refractivity (Wildman–Crippen MR) is 74.2 cm³/mol. The van der Waals surface area contributed by atoms with Crippen molar-refractivity contribution in [3.8, 4) is 0 Å². The van der Waals surface area contributed by atoms with Crippen LogP contribution in [0.1, 0.15) is 31.7 Å². The van der Waals surface area contributed by atoms with Gasteiger partial charge in [0.05, 0.1) is 5.69 Å². The fourth-order valence-corrected chi connectivity index (χ4v) is 1.72. The number of hydrogen-bond donors (Lipinski definition) is 3. The highest BCUT2D eigenvalue weighted by atomic mass is 19.1. The molecule has 0 unspecified atom stereocenters. The Kier molecular flexibility index (Phi) is 5.96. The minimum atomic E-state index is -1.10. The molecular formula is C14H19FN2O3. The zero-order chi connectivity index (χ0) is 15.1. The van der Waals surface area contributed by atoms with Gasteiger partial charge in [0.25, 0.3) is 0 Å². The number of amides is 2. The Hall–Kier alpha value is -2.11. The number of benzene rings is 1. The smallest absolute Gasteiger partial charge is 0.326 e. The number of carbonyl (C=O) groups is 2. The first-order chi connectivity index (χ1) is 9.43. The molecule has 0 saturated heterocycles. The molecule has 0 spiro atoms. The Labute approximate surface area is 117 Å². The molecule has 20 heavy (non-hydrogen) atoms. The van der Waals surface area contributed by atoms with Crippen molar-refractivity contribution in [2.24, 2.45) is 0 Å². The molecule has 3 N–H and O–H groups in total. The van der Waals surface area contributed by atoms with E-state index in [2.05, 4.69) is 10.6 Å². The average molecular weight is 282 g/mol. The second-order valence-corrected chi connectivity index (χ2v) is 4.61. The number of carbonyl (C=O) groups excluding carboxylic acids is 1. The summed E-state index contributed by atoms with van der Waals surface area (Å²) >= 11 is 0. The van der Waals surface area contributed by atoms with E-state index in [1.54, 1.807) is 13.0 Å². The zero-order valence-corrected chi connectivity index (χ0v) is 11.6. The van der Waals surface area contributed by atoms with E-state index in [4.69, 9.17) is 5.11 Å². The highest BCUT2D eigenvalue weighted by Gasteiger charge is 2.19. The number of rotatable bonds is 6. The minimum Gasteiger partial charge on any atom is -0.480 e. The topological polar surface area (TPSA) is 78.4 Å². The maximum absolute atomic E-state index is 13.5. The number of anilines is 1. The number of carboxylic acid groups (broad SMARTS) is 1. The fourth-order valence-electron chi connectivity index (χ4n) is 1.72. The molecule has 0 bridgehead atoms. The minimum absolute atomic E-state index is 0.0298. The highest BCUT2D eigenvalue weighted by Crippen LogP contribution is 2.15. The molecule has 1 aromatic rings. The SMILES string of the molecule is CCCC[C@H](NC(=O)Nc1cc(C)ccc1F)C(=O)O.